The van der Waals surface area contributed by atoms with Crippen molar-refractivity contribution >= 4 is 55.9 Å². The zero-order valence-electron chi connectivity index (χ0n) is 46.9. The third-order valence-corrected chi connectivity index (χ3v) is 15.5. The maximum Gasteiger partial charge on any atom is 0.428 e. The van der Waals surface area contributed by atoms with Gasteiger partial charge in [-0.15, -0.1) is 0 Å². The molecule has 6 aromatic rings. The van der Waals surface area contributed by atoms with Crippen LogP contribution in [0.5, 0.6) is 0 Å². The molecule has 0 saturated heterocycles. The number of rotatable bonds is 16. The van der Waals surface area contributed by atoms with Crippen molar-refractivity contribution in [1.29, 1.82) is 0 Å². The predicted molar refractivity (Wildman–Crippen MR) is 308 cm³/mol. The van der Waals surface area contributed by atoms with Gasteiger partial charge in [0.25, 0.3) is 0 Å². The van der Waals surface area contributed by atoms with Gasteiger partial charge in [0.2, 0.25) is 0 Å². The van der Waals surface area contributed by atoms with Gasteiger partial charge < -0.3 is 19.3 Å². The summed E-state index contributed by atoms with van der Waals surface area (Å²) in [5.41, 5.74) is 0. The van der Waals surface area contributed by atoms with Crippen LogP contribution < -0.4 is 5.26 Å². The van der Waals surface area contributed by atoms with E-state index in [2.05, 4.69) is 201 Å². The van der Waals surface area contributed by atoms with E-state index in [-0.39, 0.29) is 47.2 Å². The van der Waals surface area contributed by atoms with Crippen LogP contribution >= 0.6 is 12.0 Å². The molecule has 0 aliphatic heterocycles. The molecule has 1 saturated carbocycles. The standard InChI is InChI=1S/2C18H15S.C12H16F4O10S2.6C2H6/c2*1-4-10-16(11-5-1)19(17-12-6-2-7-13-17)18-14-8-3-9-15-18;13-11(14,27-26-25-19)9(17)23-5-7-1-3-8(4-2-7)6-24-10(18)12(15,16)28(20,21)22;6*1-2/h2*1-15H;7-8,19H,1-6H2,(H,20,21,22);6*1-2H3/q2*+1;;;;;;;/p-2. The molecule has 0 spiro atoms. The van der Waals surface area contributed by atoms with E-state index in [1.165, 1.54) is 29.4 Å². The number of alkyl halides is 4. The molecule has 1 aliphatic carbocycles. The summed E-state index contributed by atoms with van der Waals surface area (Å²) in [6.45, 7) is 23.1. The minimum absolute atomic E-state index is 0.0146. The molecule has 78 heavy (non-hydrogen) atoms. The van der Waals surface area contributed by atoms with Crippen molar-refractivity contribution in [2.75, 3.05) is 13.2 Å². The normalized spacial score (nSPS) is 13.2. The lowest BCUT2D eigenvalue weighted by Crippen LogP contribution is -2.40. The van der Waals surface area contributed by atoms with Crippen molar-refractivity contribution in [1.82, 2.24) is 0 Å². The highest BCUT2D eigenvalue weighted by Gasteiger charge is 2.49. The van der Waals surface area contributed by atoms with Gasteiger partial charge in [-0.25, -0.2) is 18.0 Å². The van der Waals surface area contributed by atoms with E-state index < -0.39 is 57.1 Å². The first kappa shape index (κ1) is 74.9. The number of hydrogen-bond donors (Lipinski definition) is 0. The minimum Gasteiger partial charge on any atom is -0.743 e. The fourth-order valence-corrected chi connectivity index (χ4v) is 11.2. The van der Waals surface area contributed by atoms with Crippen LogP contribution in [0.1, 0.15) is 109 Å². The largest absolute Gasteiger partial charge is 0.743 e. The molecule has 0 bridgehead atoms. The summed E-state index contributed by atoms with van der Waals surface area (Å²) in [7, 11) is -6.23. The molecule has 7 rings (SSSR count). The average Bonchev–Trinajstić information content (AvgIpc) is 3.50. The number of halogens is 4. The summed E-state index contributed by atoms with van der Waals surface area (Å²) in [5, 5.41) is 2.84. The second kappa shape index (κ2) is 44.6. The minimum atomic E-state index is -6.20. The lowest BCUT2D eigenvalue weighted by molar-refractivity contribution is -0.777. The van der Waals surface area contributed by atoms with E-state index in [9.17, 15) is 45.4 Å². The van der Waals surface area contributed by atoms with Crippen LogP contribution in [0, 0.1) is 11.8 Å². The molecule has 6 aromatic carbocycles. The van der Waals surface area contributed by atoms with E-state index in [0.717, 1.165) is 0 Å². The fraction of sp³-hybridized carbons (Fsp3) is 0.367. The third-order valence-electron chi connectivity index (χ3n) is 9.70. The lowest BCUT2D eigenvalue weighted by atomic mass is 9.83. The maximum absolute atomic E-state index is 13.1. The smallest absolute Gasteiger partial charge is 0.428 e. The second-order valence-corrected chi connectivity index (χ2v) is 20.6. The van der Waals surface area contributed by atoms with Gasteiger partial charge in [-0.1, -0.05) is 192 Å². The Bertz CT molecular complexity index is 2160. The van der Waals surface area contributed by atoms with Gasteiger partial charge in [-0.2, -0.15) is 21.9 Å². The molecule has 0 amide bonds. The first-order valence-corrected chi connectivity index (χ1v) is 30.8. The molecule has 0 atom stereocenters. The average molecular weight is 1170 g/mol. The summed E-state index contributed by atoms with van der Waals surface area (Å²) in [6, 6.07) is 64.3. The Morgan fingerprint density at radius 1 is 0.462 bits per heavy atom. The van der Waals surface area contributed by atoms with Gasteiger partial charge in [-0.05, 0) is 110 Å². The first-order valence-electron chi connectivity index (χ1n) is 26.2. The molecule has 1 aliphatic rings. The van der Waals surface area contributed by atoms with Gasteiger partial charge in [0.1, 0.15) is 12.0 Å². The van der Waals surface area contributed by atoms with Crippen LogP contribution in [0.2, 0.25) is 0 Å². The first-order chi connectivity index (χ1) is 37.7. The van der Waals surface area contributed by atoms with E-state index in [4.69, 9.17) is 0 Å². The van der Waals surface area contributed by atoms with Crippen LogP contribution in [-0.4, -0.2) is 48.6 Å². The molecular formula is C60H80F4O10S4. The Hall–Kier alpha value is -5.18. The lowest BCUT2D eigenvalue weighted by Gasteiger charge is -2.28. The number of esters is 2. The predicted octanol–water partition coefficient (Wildman–Crippen LogP) is 16.2. The number of hydrogen-bond acceptors (Lipinski definition) is 11. The zero-order chi connectivity index (χ0) is 59.4. The number of benzene rings is 6. The molecule has 0 N–H and O–H groups in total. The van der Waals surface area contributed by atoms with Gasteiger partial charge in [0.15, 0.2) is 39.5 Å². The van der Waals surface area contributed by atoms with Crippen molar-refractivity contribution in [2.45, 2.75) is 149 Å². The van der Waals surface area contributed by atoms with Crippen molar-refractivity contribution in [2.24, 2.45) is 11.8 Å². The molecule has 0 aromatic heterocycles. The molecule has 432 valence electrons. The van der Waals surface area contributed by atoms with Crippen molar-refractivity contribution < 1.29 is 64.2 Å². The monoisotopic (exact) mass is 1160 g/mol. The number of ether oxygens (including phenoxy) is 2. The second-order valence-electron chi connectivity index (χ2n) is 14.3. The van der Waals surface area contributed by atoms with Crippen molar-refractivity contribution in [3.8, 4) is 0 Å². The van der Waals surface area contributed by atoms with E-state index in [1.807, 2.05) is 83.1 Å². The molecular weight excluding hydrogens is 1080 g/mol. The molecule has 10 nitrogen and oxygen atoms in total. The maximum atomic E-state index is 13.1. The Balaban J connectivity index is 0. The van der Waals surface area contributed by atoms with Gasteiger partial charge >= 0.3 is 22.4 Å². The number of carbonyl (C=O) groups is 2. The van der Waals surface area contributed by atoms with Crippen LogP contribution in [0.4, 0.5) is 17.6 Å². The Labute approximate surface area is 473 Å². The highest BCUT2D eigenvalue weighted by molar-refractivity contribution is 7.97. The van der Waals surface area contributed by atoms with E-state index in [1.54, 1.807) is 0 Å². The van der Waals surface area contributed by atoms with Crippen LogP contribution in [0.3, 0.4) is 0 Å². The SMILES string of the molecule is CC.CC.CC.CC.CC.CC.O=C(OCC1CCC(COC(=O)C(F)(F)S(=O)(=O)[O-])CC1)C(F)(F)SOO[O-].c1ccc([S+](c2ccccc2)c2ccccc2)cc1.c1ccc([S+](c2ccccc2)c2ccccc2)cc1. The summed E-state index contributed by atoms with van der Waals surface area (Å²) in [6.07, 6.45) is 1.18. The highest BCUT2D eigenvalue weighted by Crippen LogP contribution is 2.35. The third kappa shape index (κ3) is 27.1. The van der Waals surface area contributed by atoms with E-state index in [0.29, 0.717) is 12.8 Å². The molecule has 0 radical (unpaired) electrons. The molecule has 18 heteroatoms. The fourth-order valence-electron chi connectivity index (χ4n) is 6.47. The highest BCUT2D eigenvalue weighted by atomic mass is 32.2. The molecule has 0 unspecified atom stereocenters. The summed E-state index contributed by atoms with van der Waals surface area (Å²) in [5.74, 6) is -5.19. The molecule has 0 heterocycles. The van der Waals surface area contributed by atoms with Crippen LogP contribution in [0.25, 0.3) is 0 Å². The van der Waals surface area contributed by atoms with Gasteiger partial charge in [-0.3, -0.25) is 5.04 Å². The number of carbonyl (C=O) groups excluding carboxylic acids is 2. The summed E-state index contributed by atoms with van der Waals surface area (Å²) in [4.78, 5) is 30.4. The van der Waals surface area contributed by atoms with E-state index >= 15 is 0 Å². The molecule has 1 fully saturated rings. The summed E-state index contributed by atoms with van der Waals surface area (Å²) < 4.78 is 95.1. The van der Waals surface area contributed by atoms with Crippen molar-refractivity contribution in [3.05, 3.63) is 182 Å². The van der Waals surface area contributed by atoms with Crippen molar-refractivity contribution in [3.63, 3.8) is 0 Å². The van der Waals surface area contributed by atoms with Gasteiger partial charge in [0.05, 0.1) is 35.0 Å². The topological polar surface area (TPSA) is 151 Å². The zero-order valence-corrected chi connectivity index (χ0v) is 50.2. The Morgan fingerprint density at radius 3 is 0.885 bits per heavy atom. The quantitative estimate of drug-likeness (QED) is 0.0173. The van der Waals surface area contributed by atoms with Gasteiger partial charge in [0, 0.05) is 0 Å². The van der Waals surface area contributed by atoms with Crippen LogP contribution in [-0.2, 0) is 60.3 Å². The Kier molecular flexibility index (Phi) is 42.9. The summed E-state index contributed by atoms with van der Waals surface area (Å²) >= 11 is -0.831. The van der Waals surface area contributed by atoms with Crippen LogP contribution in [0.15, 0.2) is 211 Å². The Morgan fingerprint density at radius 2 is 0.679 bits per heavy atom.